The zero-order chi connectivity index (χ0) is 14.7. The summed E-state index contributed by atoms with van der Waals surface area (Å²) in [6, 6.07) is 9.62. The molecule has 4 heteroatoms. The van der Waals surface area contributed by atoms with Crippen molar-refractivity contribution in [2.75, 3.05) is 6.54 Å². The SMILES string of the molecule is NCc1ccc(F)c(CN2CCCC2c2ccncc2)c1. The van der Waals surface area contributed by atoms with Gasteiger partial charge in [-0.05, 0) is 48.7 Å². The van der Waals surface area contributed by atoms with Crippen molar-refractivity contribution in [3.63, 3.8) is 0 Å². The lowest BCUT2D eigenvalue weighted by Crippen LogP contribution is -2.23. The van der Waals surface area contributed by atoms with Gasteiger partial charge < -0.3 is 5.73 Å². The van der Waals surface area contributed by atoms with Gasteiger partial charge in [-0.15, -0.1) is 0 Å². The first-order valence-electron chi connectivity index (χ1n) is 7.39. The van der Waals surface area contributed by atoms with Gasteiger partial charge >= 0.3 is 0 Å². The minimum absolute atomic E-state index is 0.146. The van der Waals surface area contributed by atoms with Crippen LogP contribution >= 0.6 is 0 Å². The second kappa shape index (κ2) is 6.33. The van der Waals surface area contributed by atoms with Crippen LogP contribution in [0.4, 0.5) is 4.39 Å². The number of hydrogen-bond donors (Lipinski definition) is 1. The molecule has 3 nitrogen and oxygen atoms in total. The topological polar surface area (TPSA) is 42.1 Å². The fraction of sp³-hybridized carbons (Fsp3) is 0.353. The summed E-state index contributed by atoms with van der Waals surface area (Å²) in [5.41, 5.74) is 8.63. The van der Waals surface area contributed by atoms with E-state index in [1.54, 1.807) is 6.07 Å². The Bertz CT molecular complexity index is 600. The van der Waals surface area contributed by atoms with E-state index in [0.29, 0.717) is 19.1 Å². The van der Waals surface area contributed by atoms with E-state index in [1.807, 2.05) is 18.5 Å². The van der Waals surface area contributed by atoms with Crippen molar-refractivity contribution in [3.05, 3.63) is 65.2 Å². The highest BCUT2D eigenvalue weighted by atomic mass is 19.1. The molecule has 21 heavy (non-hydrogen) atoms. The lowest BCUT2D eigenvalue weighted by Gasteiger charge is -2.25. The molecular formula is C17H20FN3. The molecule has 1 aromatic carbocycles. The van der Waals surface area contributed by atoms with Crippen molar-refractivity contribution in [1.82, 2.24) is 9.88 Å². The van der Waals surface area contributed by atoms with Gasteiger partial charge in [0.25, 0.3) is 0 Å². The number of hydrogen-bond acceptors (Lipinski definition) is 3. The molecule has 1 aliphatic heterocycles. The second-order valence-electron chi connectivity index (χ2n) is 5.54. The quantitative estimate of drug-likeness (QED) is 0.939. The molecule has 0 spiro atoms. The van der Waals surface area contributed by atoms with Crippen LogP contribution in [0.1, 0.15) is 35.6 Å². The molecule has 2 aromatic rings. The predicted octanol–water partition coefficient (Wildman–Crippen LogP) is 3.02. The third kappa shape index (κ3) is 3.12. The van der Waals surface area contributed by atoms with Crippen LogP contribution in [-0.2, 0) is 13.1 Å². The van der Waals surface area contributed by atoms with E-state index >= 15 is 0 Å². The molecule has 0 saturated carbocycles. The van der Waals surface area contributed by atoms with Crippen molar-refractivity contribution >= 4 is 0 Å². The molecule has 0 aliphatic carbocycles. The van der Waals surface area contributed by atoms with Gasteiger partial charge in [-0.2, -0.15) is 0 Å². The van der Waals surface area contributed by atoms with Gasteiger partial charge in [0.2, 0.25) is 0 Å². The summed E-state index contributed by atoms with van der Waals surface area (Å²) in [6.45, 7) is 2.08. The summed E-state index contributed by atoms with van der Waals surface area (Å²) < 4.78 is 14.0. The highest BCUT2D eigenvalue weighted by molar-refractivity contribution is 5.26. The third-order valence-electron chi connectivity index (χ3n) is 4.17. The molecule has 0 radical (unpaired) electrons. The summed E-state index contributed by atoms with van der Waals surface area (Å²) in [6.07, 6.45) is 5.90. The molecule has 2 heterocycles. The number of aromatic nitrogens is 1. The Kier molecular flexibility index (Phi) is 4.27. The molecule has 110 valence electrons. The Morgan fingerprint density at radius 2 is 2.05 bits per heavy atom. The van der Waals surface area contributed by atoms with Crippen LogP contribution in [0.5, 0.6) is 0 Å². The summed E-state index contributed by atoms with van der Waals surface area (Å²) in [7, 11) is 0. The first-order valence-corrected chi connectivity index (χ1v) is 7.39. The molecule has 1 fully saturated rings. The molecule has 1 saturated heterocycles. The summed E-state index contributed by atoms with van der Waals surface area (Å²) in [5.74, 6) is -0.146. The zero-order valence-corrected chi connectivity index (χ0v) is 12.0. The molecule has 2 N–H and O–H groups in total. The largest absolute Gasteiger partial charge is 0.326 e. The molecule has 1 aromatic heterocycles. The number of nitrogens with two attached hydrogens (primary N) is 1. The fourth-order valence-corrected chi connectivity index (χ4v) is 3.07. The standard InChI is InChI=1S/C17H20FN3/c18-16-4-3-13(11-19)10-15(16)12-21-9-1-2-17(21)14-5-7-20-8-6-14/h3-8,10,17H,1-2,9,11-12,19H2. The van der Waals surface area contributed by atoms with Gasteiger partial charge in [0.1, 0.15) is 5.82 Å². The predicted molar refractivity (Wildman–Crippen MR) is 80.9 cm³/mol. The van der Waals surface area contributed by atoms with Gasteiger partial charge in [0.15, 0.2) is 0 Å². The molecule has 3 rings (SSSR count). The van der Waals surface area contributed by atoms with Crippen molar-refractivity contribution < 1.29 is 4.39 Å². The van der Waals surface area contributed by atoms with Crippen LogP contribution < -0.4 is 5.73 Å². The lowest BCUT2D eigenvalue weighted by molar-refractivity contribution is 0.245. The van der Waals surface area contributed by atoms with Crippen molar-refractivity contribution in [2.45, 2.75) is 32.0 Å². The maximum atomic E-state index is 14.0. The summed E-state index contributed by atoms with van der Waals surface area (Å²) in [4.78, 5) is 6.41. The smallest absolute Gasteiger partial charge is 0.127 e. The average Bonchev–Trinajstić information content (AvgIpc) is 2.98. The fourth-order valence-electron chi connectivity index (χ4n) is 3.07. The third-order valence-corrected chi connectivity index (χ3v) is 4.17. The molecule has 1 atom stereocenters. The number of halogens is 1. The maximum absolute atomic E-state index is 14.0. The molecule has 1 aliphatic rings. The first-order chi connectivity index (χ1) is 10.3. The van der Waals surface area contributed by atoms with E-state index in [0.717, 1.165) is 30.5 Å². The summed E-state index contributed by atoms with van der Waals surface area (Å²) >= 11 is 0. The van der Waals surface area contributed by atoms with Crippen LogP contribution in [-0.4, -0.2) is 16.4 Å². The molecular weight excluding hydrogens is 265 g/mol. The van der Waals surface area contributed by atoms with Crippen LogP contribution in [0, 0.1) is 5.82 Å². The van der Waals surface area contributed by atoms with Crippen LogP contribution in [0.25, 0.3) is 0 Å². The first kappa shape index (κ1) is 14.2. The van der Waals surface area contributed by atoms with Gasteiger partial charge in [-0.3, -0.25) is 9.88 Å². The zero-order valence-electron chi connectivity index (χ0n) is 12.0. The van der Waals surface area contributed by atoms with E-state index in [-0.39, 0.29) is 5.82 Å². The lowest BCUT2D eigenvalue weighted by atomic mass is 10.0. The van der Waals surface area contributed by atoms with Gasteiger partial charge in [-0.1, -0.05) is 12.1 Å². The Hall–Kier alpha value is -1.78. The second-order valence-corrected chi connectivity index (χ2v) is 5.54. The Labute approximate surface area is 124 Å². The monoisotopic (exact) mass is 285 g/mol. The van der Waals surface area contributed by atoms with E-state index in [1.165, 1.54) is 11.6 Å². The van der Waals surface area contributed by atoms with Gasteiger partial charge in [0.05, 0.1) is 0 Å². The number of nitrogens with zero attached hydrogens (tertiary/aromatic N) is 2. The molecule has 1 unspecified atom stereocenters. The van der Waals surface area contributed by atoms with Crippen molar-refractivity contribution in [3.8, 4) is 0 Å². The molecule has 0 amide bonds. The summed E-state index contributed by atoms with van der Waals surface area (Å²) in [5, 5.41) is 0. The Morgan fingerprint density at radius 3 is 2.81 bits per heavy atom. The number of likely N-dealkylation sites (tertiary alicyclic amines) is 1. The van der Waals surface area contributed by atoms with Crippen molar-refractivity contribution in [2.24, 2.45) is 5.73 Å². The molecule has 0 bridgehead atoms. The van der Waals surface area contributed by atoms with E-state index in [9.17, 15) is 4.39 Å². The highest BCUT2D eigenvalue weighted by Crippen LogP contribution is 2.33. The van der Waals surface area contributed by atoms with Gasteiger partial charge in [0, 0.05) is 37.1 Å². The number of pyridine rings is 1. The Morgan fingerprint density at radius 1 is 1.24 bits per heavy atom. The minimum atomic E-state index is -0.146. The van der Waals surface area contributed by atoms with E-state index in [2.05, 4.69) is 22.0 Å². The van der Waals surface area contributed by atoms with Crippen LogP contribution in [0.15, 0.2) is 42.7 Å². The number of benzene rings is 1. The normalized spacial score (nSPS) is 19.0. The van der Waals surface area contributed by atoms with E-state index in [4.69, 9.17) is 5.73 Å². The van der Waals surface area contributed by atoms with Crippen molar-refractivity contribution in [1.29, 1.82) is 0 Å². The van der Waals surface area contributed by atoms with Gasteiger partial charge in [-0.25, -0.2) is 4.39 Å². The Balaban J connectivity index is 1.81. The van der Waals surface area contributed by atoms with E-state index < -0.39 is 0 Å². The minimum Gasteiger partial charge on any atom is -0.326 e. The van der Waals surface area contributed by atoms with Crippen LogP contribution in [0.2, 0.25) is 0 Å². The number of rotatable bonds is 4. The van der Waals surface area contributed by atoms with Crippen LogP contribution in [0.3, 0.4) is 0 Å². The average molecular weight is 285 g/mol. The highest BCUT2D eigenvalue weighted by Gasteiger charge is 2.26. The maximum Gasteiger partial charge on any atom is 0.127 e.